The zero-order chi connectivity index (χ0) is 27.6. The SMILES string of the molecule is CC(C)(C)[Si](C)(C)Oc1c(Cl)cc2c(c1Cl)C[C@@H](CCCCCCl)[C@@H]1[C@@H]2[C@@H](F)C[C@@]2(C)[C@H]1CC[C@@]2(C)O. The van der Waals surface area contributed by atoms with E-state index in [9.17, 15) is 5.11 Å². The summed E-state index contributed by atoms with van der Waals surface area (Å²) in [4.78, 5) is 0. The van der Waals surface area contributed by atoms with Crippen LogP contribution in [-0.2, 0) is 6.42 Å². The van der Waals surface area contributed by atoms with Crippen LogP contribution in [0, 0.1) is 23.2 Å². The van der Waals surface area contributed by atoms with Gasteiger partial charge in [-0.15, -0.1) is 11.6 Å². The first-order chi connectivity index (χ1) is 17.1. The Morgan fingerprint density at radius 2 is 1.84 bits per heavy atom. The monoisotopic (exact) mass is 590 g/mol. The second-order valence-corrected chi connectivity index (χ2v) is 20.0. The van der Waals surface area contributed by atoms with Gasteiger partial charge in [0.05, 0.1) is 15.6 Å². The van der Waals surface area contributed by atoms with Gasteiger partial charge in [0.2, 0.25) is 0 Å². The Morgan fingerprint density at radius 1 is 1.16 bits per heavy atom. The van der Waals surface area contributed by atoms with E-state index in [1.165, 1.54) is 0 Å². The fourth-order valence-electron chi connectivity index (χ4n) is 7.51. The first-order valence-electron chi connectivity index (χ1n) is 14.2. The summed E-state index contributed by atoms with van der Waals surface area (Å²) in [5.41, 5.74) is 0.741. The van der Waals surface area contributed by atoms with E-state index in [4.69, 9.17) is 39.2 Å². The summed E-state index contributed by atoms with van der Waals surface area (Å²) in [6.45, 7) is 15.0. The van der Waals surface area contributed by atoms with Crippen molar-refractivity contribution in [3.05, 3.63) is 27.2 Å². The van der Waals surface area contributed by atoms with Gasteiger partial charge in [-0.2, -0.15) is 0 Å². The van der Waals surface area contributed by atoms with Gasteiger partial charge in [0, 0.05) is 17.2 Å². The van der Waals surface area contributed by atoms with E-state index >= 15 is 4.39 Å². The zero-order valence-electron chi connectivity index (χ0n) is 23.7. The van der Waals surface area contributed by atoms with Crippen molar-refractivity contribution in [1.82, 2.24) is 0 Å². The molecule has 0 saturated heterocycles. The molecular weight excluding hydrogens is 546 g/mol. The van der Waals surface area contributed by atoms with E-state index in [0.29, 0.717) is 34.0 Å². The summed E-state index contributed by atoms with van der Waals surface area (Å²) in [5.74, 6) is 1.77. The molecule has 0 radical (unpaired) electrons. The minimum Gasteiger partial charge on any atom is -0.542 e. The molecule has 3 aliphatic carbocycles. The second kappa shape index (κ2) is 10.4. The van der Waals surface area contributed by atoms with E-state index in [1.54, 1.807) is 0 Å². The summed E-state index contributed by atoms with van der Waals surface area (Å²) in [6, 6.07) is 1.97. The lowest BCUT2D eigenvalue weighted by Gasteiger charge is -2.56. The van der Waals surface area contributed by atoms with Crippen molar-refractivity contribution in [1.29, 1.82) is 0 Å². The molecule has 2 fully saturated rings. The number of aliphatic hydroxyl groups is 1. The number of alkyl halides is 2. The molecule has 0 heterocycles. The largest absolute Gasteiger partial charge is 0.542 e. The number of hydrogen-bond donors (Lipinski definition) is 1. The van der Waals surface area contributed by atoms with E-state index in [0.717, 1.165) is 56.1 Å². The van der Waals surface area contributed by atoms with Crippen LogP contribution in [0.4, 0.5) is 4.39 Å². The van der Waals surface area contributed by atoms with Crippen molar-refractivity contribution < 1.29 is 13.9 Å². The quantitative estimate of drug-likeness (QED) is 0.194. The standard InChI is InChI=1S/C30H46Cl3FO2Si/c1-28(2,3)37(6,7)36-27-22(32)16-19-20(26(27)33)15-18(11-9-8-10-14-31)24-21-12-13-30(5,35)29(21,4)17-23(34)25(19)24/h16,18,21,23-25,35H,8-15,17H2,1-7H3/t18-,21+,23+,24+,25+,29+,30-/m1/s1. The van der Waals surface area contributed by atoms with Gasteiger partial charge < -0.3 is 9.53 Å². The molecular formula is C30H46Cl3FO2Si. The highest BCUT2D eigenvalue weighted by molar-refractivity contribution is 6.75. The first kappa shape index (κ1) is 30.0. The molecule has 0 unspecified atom stereocenters. The number of unbranched alkanes of at least 4 members (excludes halogenated alkanes) is 2. The number of hydrogen-bond acceptors (Lipinski definition) is 2. The highest BCUT2D eigenvalue weighted by Crippen LogP contribution is 2.67. The van der Waals surface area contributed by atoms with E-state index in [2.05, 4.69) is 40.8 Å². The zero-order valence-corrected chi connectivity index (χ0v) is 27.0. The Hall–Kier alpha value is -0.00312. The van der Waals surface area contributed by atoms with E-state index in [-0.39, 0.29) is 22.8 Å². The van der Waals surface area contributed by atoms with Crippen LogP contribution in [0.15, 0.2) is 6.07 Å². The molecule has 2 nitrogen and oxygen atoms in total. The minimum absolute atomic E-state index is 0.00287. The van der Waals surface area contributed by atoms with Gasteiger partial charge in [0.1, 0.15) is 11.9 Å². The predicted octanol–water partition coefficient (Wildman–Crippen LogP) is 9.96. The maximum atomic E-state index is 16.4. The fourth-order valence-corrected chi connectivity index (χ4v) is 9.48. The molecule has 0 bridgehead atoms. The molecule has 0 aromatic heterocycles. The molecule has 4 rings (SSSR count). The van der Waals surface area contributed by atoms with Gasteiger partial charge in [0.25, 0.3) is 8.32 Å². The Morgan fingerprint density at radius 3 is 2.46 bits per heavy atom. The summed E-state index contributed by atoms with van der Waals surface area (Å²) < 4.78 is 23.0. The third-order valence-electron chi connectivity index (χ3n) is 10.9. The number of fused-ring (bicyclic) bond motifs is 5. The Labute approximate surface area is 240 Å². The van der Waals surface area contributed by atoms with Gasteiger partial charge in [-0.25, -0.2) is 4.39 Å². The third kappa shape index (κ3) is 5.14. The normalized spacial score (nSPS) is 35.6. The molecule has 37 heavy (non-hydrogen) atoms. The second-order valence-electron chi connectivity index (χ2n) is 14.1. The number of halogens is 4. The third-order valence-corrected chi connectivity index (χ3v) is 16.2. The van der Waals surface area contributed by atoms with Crippen LogP contribution in [0.5, 0.6) is 5.75 Å². The molecule has 1 aromatic rings. The van der Waals surface area contributed by atoms with Crippen molar-refractivity contribution in [2.24, 2.45) is 23.2 Å². The van der Waals surface area contributed by atoms with Crippen LogP contribution in [0.25, 0.3) is 0 Å². The van der Waals surface area contributed by atoms with Crippen LogP contribution in [0.1, 0.15) is 96.6 Å². The molecule has 7 atom stereocenters. The van der Waals surface area contributed by atoms with Crippen molar-refractivity contribution in [3.63, 3.8) is 0 Å². The molecule has 7 heteroatoms. The van der Waals surface area contributed by atoms with Gasteiger partial charge in [-0.1, -0.05) is 63.7 Å². The molecule has 0 amide bonds. The lowest BCUT2D eigenvalue weighted by molar-refractivity contribution is -0.120. The molecule has 0 aliphatic heterocycles. The van der Waals surface area contributed by atoms with Crippen molar-refractivity contribution >= 4 is 43.1 Å². The van der Waals surface area contributed by atoms with Crippen LogP contribution < -0.4 is 4.43 Å². The van der Waals surface area contributed by atoms with Crippen LogP contribution in [0.3, 0.4) is 0 Å². The highest BCUT2D eigenvalue weighted by atomic mass is 35.5. The molecule has 1 N–H and O–H groups in total. The average Bonchev–Trinajstić information content (AvgIpc) is 3.02. The smallest absolute Gasteiger partial charge is 0.250 e. The lowest BCUT2D eigenvalue weighted by Crippen LogP contribution is -2.55. The van der Waals surface area contributed by atoms with Crippen LogP contribution in [0.2, 0.25) is 28.2 Å². The minimum atomic E-state index is -2.18. The van der Waals surface area contributed by atoms with E-state index in [1.807, 2.05) is 13.0 Å². The summed E-state index contributed by atoms with van der Waals surface area (Å²) >= 11 is 20.0. The van der Waals surface area contributed by atoms with Crippen molar-refractivity contribution in [2.75, 3.05) is 5.88 Å². The maximum Gasteiger partial charge on any atom is 0.250 e. The summed E-state index contributed by atoms with van der Waals surface area (Å²) in [7, 11) is -2.18. The summed E-state index contributed by atoms with van der Waals surface area (Å²) in [6.07, 6.45) is 6.00. The van der Waals surface area contributed by atoms with Gasteiger partial charge >= 0.3 is 0 Å². The first-order valence-corrected chi connectivity index (χ1v) is 18.4. The topological polar surface area (TPSA) is 29.5 Å². The average molecular weight is 592 g/mol. The van der Waals surface area contributed by atoms with Gasteiger partial charge in [-0.3, -0.25) is 0 Å². The number of benzene rings is 1. The summed E-state index contributed by atoms with van der Waals surface area (Å²) in [5, 5.41) is 12.4. The van der Waals surface area contributed by atoms with Crippen LogP contribution in [-0.4, -0.2) is 31.1 Å². The molecule has 3 aliphatic rings. The molecule has 210 valence electrons. The van der Waals surface area contributed by atoms with Crippen molar-refractivity contribution in [3.8, 4) is 5.75 Å². The predicted molar refractivity (Wildman–Crippen MR) is 158 cm³/mol. The van der Waals surface area contributed by atoms with E-state index < -0.39 is 25.5 Å². The highest BCUT2D eigenvalue weighted by Gasteiger charge is 2.64. The fraction of sp³-hybridized carbons (Fsp3) is 0.800. The molecule has 2 saturated carbocycles. The van der Waals surface area contributed by atoms with Gasteiger partial charge in [0.15, 0.2) is 0 Å². The Balaban J connectivity index is 1.79. The maximum absolute atomic E-state index is 16.4. The molecule has 0 spiro atoms. The lowest BCUT2D eigenvalue weighted by atomic mass is 9.50. The number of rotatable bonds is 7. The van der Waals surface area contributed by atoms with Crippen molar-refractivity contribution in [2.45, 2.75) is 122 Å². The Kier molecular flexibility index (Phi) is 8.45. The van der Waals surface area contributed by atoms with Gasteiger partial charge in [-0.05, 0) is 98.5 Å². The van der Waals surface area contributed by atoms with Crippen LogP contribution >= 0.6 is 34.8 Å². The molecule has 1 aromatic carbocycles. The Bertz CT molecular complexity index is 1010.